The van der Waals surface area contributed by atoms with Gasteiger partial charge in [-0.15, -0.1) is 0 Å². The lowest BCUT2D eigenvalue weighted by Gasteiger charge is -2.20. The lowest BCUT2D eigenvalue weighted by molar-refractivity contribution is 0.0821. The van der Waals surface area contributed by atoms with E-state index in [0.29, 0.717) is 12.8 Å². The topological polar surface area (TPSA) is 40.5 Å². The standard InChI is InChI=1S/C18H19FO2/c19-16-6-5-12-7-13-3-1-2-4-18(13)15(8-14(12)9-16)10-17(21)11-20/h1-6,9,15,17,20-21H,7-8,10-11H2/t15?,17-/m1/s1. The van der Waals surface area contributed by atoms with E-state index in [1.54, 1.807) is 6.07 Å². The van der Waals surface area contributed by atoms with Gasteiger partial charge in [0, 0.05) is 0 Å². The summed E-state index contributed by atoms with van der Waals surface area (Å²) in [4.78, 5) is 0. The van der Waals surface area contributed by atoms with Gasteiger partial charge in [0.05, 0.1) is 12.7 Å². The Bertz CT molecular complexity index is 639. The van der Waals surface area contributed by atoms with Crippen molar-refractivity contribution in [3.05, 3.63) is 70.5 Å². The first-order chi connectivity index (χ1) is 10.2. The molecule has 0 aliphatic heterocycles. The van der Waals surface area contributed by atoms with Crippen molar-refractivity contribution in [1.82, 2.24) is 0 Å². The largest absolute Gasteiger partial charge is 0.394 e. The quantitative estimate of drug-likeness (QED) is 0.911. The molecular weight excluding hydrogens is 267 g/mol. The summed E-state index contributed by atoms with van der Waals surface area (Å²) >= 11 is 0. The molecule has 110 valence electrons. The third kappa shape index (κ3) is 2.99. The highest BCUT2D eigenvalue weighted by molar-refractivity contribution is 5.42. The van der Waals surface area contributed by atoms with E-state index in [1.165, 1.54) is 17.2 Å². The lowest BCUT2D eigenvalue weighted by Crippen LogP contribution is -2.18. The molecule has 2 aromatic rings. The van der Waals surface area contributed by atoms with Crippen LogP contribution in [0, 0.1) is 5.82 Å². The van der Waals surface area contributed by atoms with E-state index in [4.69, 9.17) is 5.11 Å². The highest BCUT2D eigenvalue weighted by Gasteiger charge is 2.24. The molecule has 0 heterocycles. The van der Waals surface area contributed by atoms with Crippen LogP contribution in [0.15, 0.2) is 42.5 Å². The predicted octanol–water partition coefficient (Wildman–Crippen LogP) is 2.80. The van der Waals surface area contributed by atoms with Crippen molar-refractivity contribution in [2.45, 2.75) is 31.3 Å². The van der Waals surface area contributed by atoms with Crippen LogP contribution in [-0.4, -0.2) is 22.9 Å². The lowest BCUT2D eigenvalue weighted by atomic mass is 9.87. The number of aliphatic hydroxyl groups excluding tert-OH is 2. The Kier molecular flexibility index (Phi) is 4.04. The third-order valence-electron chi connectivity index (χ3n) is 4.28. The van der Waals surface area contributed by atoms with Crippen molar-refractivity contribution in [3.8, 4) is 0 Å². The smallest absolute Gasteiger partial charge is 0.123 e. The third-order valence-corrected chi connectivity index (χ3v) is 4.28. The van der Waals surface area contributed by atoms with Gasteiger partial charge in [-0.25, -0.2) is 4.39 Å². The van der Waals surface area contributed by atoms with Crippen LogP contribution in [0.1, 0.15) is 34.6 Å². The van der Waals surface area contributed by atoms with Crippen LogP contribution < -0.4 is 0 Å². The van der Waals surface area contributed by atoms with E-state index in [0.717, 1.165) is 17.5 Å². The van der Waals surface area contributed by atoms with Crippen LogP contribution in [0.3, 0.4) is 0 Å². The minimum absolute atomic E-state index is 0.103. The second kappa shape index (κ2) is 5.96. The summed E-state index contributed by atoms with van der Waals surface area (Å²) in [5.41, 5.74) is 4.56. The van der Waals surface area contributed by atoms with Gasteiger partial charge in [0.1, 0.15) is 5.82 Å². The molecule has 2 atom stereocenters. The van der Waals surface area contributed by atoms with E-state index < -0.39 is 6.10 Å². The number of benzene rings is 2. The average Bonchev–Trinajstić information content (AvgIpc) is 2.63. The number of aliphatic hydroxyl groups is 2. The number of hydrogen-bond donors (Lipinski definition) is 2. The zero-order valence-corrected chi connectivity index (χ0v) is 11.8. The molecule has 2 aromatic carbocycles. The average molecular weight is 286 g/mol. The zero-order chi connectivity index (χ0) is 14.8. The van der Waals surface area contributed by atoms with Crippen LogP contribution in [0.25, 0.3) is 0 Å². The van der Waals surface area contributed by atoms with Crippen LogP contribution in [0.2, 0.25) is 0 Å². The fourth-order valence-electron chi connectivity index (χ4n) is 3.24. The van der Waals surface area contributed by atoms with Gasteiger partial charge in [0.2, 0.25) is 0 Å². The maximum atomic E-state index is 13.5. The molecule has 0 saturated heterocycles. The first kappa shape index (κ1) is 14.2. The monoisotopic (exact) mass is 286 g/mol. The maximum absolute atomic E-state index is 13.5. The van der Waals surface area contributed by atoms with Crippen LogP contribution in [0.5, 0.6) is 0 Å². The van der Waals surface area contributed by atoms with E-state index in [-0.39, 0.29) is 18.3 Å². The second-order valence-electron chi connectivity index (χ2n) is 5.76. The molecule has 1 unspecified atom stereocenters. The Labute approximate surface area is 123 Å². The zero-order valence-electron chi connectivity index (χ0n) is 11.8. The van der Waals surface area contributed by atoms with Crippen molar-refractivity contribution in [3.63, 3.8) is 0 Å². The van der Waals surface area contributed by atoms with Crippen LogP contribution in [-0.2, 0) is 12.8 Å². The van der Waals surface area contributed by atoms with Gasteiger partial charge in [0.25, 0.3) is 0 Å². The minimum atomic E-state index is -0.738. The van der Waals surface area contributed by atoms with Gasteiger partial charge in [0.15, 0.2) is 0 Å². The summed E-state index contributed by atoms with van der Waals surface area (Å²) in [6, 6.07) is 13.1. The van der Waals surface area contributed by atoms with Crippen molar-refractivity contribution in [1.29, 1.82) is 0 Å². The second-order valence-corrected chi connectivity index (χ2v) is 5.76. The molecular formula is C18H19FO2. The van der Waals surface area contributed by atoms with Crippen molar-refractivity contribution < 1.29 is 14.6 Å². The van der Waals surface area contributed by atoms with Crippen molar-refractivity contribution in [2.24, 2.45) is 0 Å². The van der Waals surface area contributed by atoms with Gasteiger partial charge >= 0.3 is 0 Å². The summed E-state index contributed by atoms with van der Waals surface area (Å²) in [5.74, 6) is -0.118. The Morgan fingerprint density at radius 2 is 1.90 bits per heavy atom. The van der Waals surface area contributed by atoms with Gasteiger partial charge in [-0.05, 0) is 59.6 Å². The van der Waals surface area contributed by atoms with Crippen LogP contribution in [0.4, 0.5) is 4.39 Å². The molecule has 0 spiro atoms. The van der Waals surface area contributed by atoms with E-state index in [1.807, 2.05) is 18.2 Å². The molecule has 2 nitrogen and oxygen atoms in total. The Balaban J connectivity index is 2.03. The number of fused-ring (bicyclic) bond motifs is 2. The van der Waals surface area contributed by atoms with Gasteiger partial charge in [-0.2, -0.15) is 0 Å². The molecule has 2 N–H and O–H groups in total. The first-order valence-corrected chi connectivity index (χ1v) is 7.31. The summed E-state index contributed by atoms with van der Waals surface area (Å²) in [6.07, 6.45) is 1.24. The molecule has 3 heteroatoms. The molecule has 1 aliphatic carbocycles. The fourth-order valence-corrected chi connectivity index (χ4v) is 3.24. The molecule has 0 fully saturated rings. The summed E-state index contributed by atoms with van der Waals surface area (Å²) in [6.45, 7) is -0.241. The number of hydrogen-bond acceptors (Lipinski definition) is 2. The Hall–Kier alpha value is -1.71. The molecule has 0 aromatic heterocycles. The molecule has 0 bridgehead atoms. The minimum Gasteiger partial charge on any atom is -0.394 e. The van der Waals surface area contributed by atoms with Crippen molar-refractivity contribution >= 4 is 0 Å². The summed E-state index contributed by atoms with van der Waals surface area (Å²) in [7, 11) is 0. The Morgan fingerprint density at radius 3 is 2.71 bits per heavy atom. The molecule has 0 radical (unpaired) electrons. The normalized spacial score (nSPS) is 18.5. The van der Waals surface area contributed by atoms with E-state index in [9.17, 15) is 9.50 Å². The molecule has 3 rings (SSSR count). The van der Waals surface area contributed by atoms with Crippen LogP contribution >= 0.6 is 0 Å². The number of halogens is 1. The van der Waals surface area contributed by atoms with E-state index >= 15 is 0 Å². The molecule has 0 amide bonds. The highest BCUT2D eigenvalue weighted by Crippen LogP contribution is 2.34. The molecule has 1 aliphatic rings. The van der Waals surface area contributed by atoms with Gasteiger partial charge < -0.3 is 10.2 Å². The van der Waals surface area contributed by atoms with E-state index in [2.05, 4.69) is 12.1 Å². The molecule has 21 heavy (non-hydrogen) atoms. The predicted molar refractivity (Wildman–Crippen MR) is 79.8 cm³/mol. The summed E-state index contributed by atoms with van der Waals surface area (Å²) in [5, 5.41) is 18.9. The maximum Gasteiger partial charge on any atom is 0.123 e. The Morgan fingerprint density at radius 1 is 1.10 bits per heavy atom. The van der Waals surface area contributed by atoms with Gasteiger partial charge in [-0.1, -0.05) is 30.3 Å². The van der Waals surface area contributed by atoms with Crippen molar-refractivity contribution in [2.75, 3.05) is 6.61 Å². The number of rotatable bonds is 3. The summed E-state index contributed by atoms with van der Waals surface area (Å²) < 4.78 is 13.5. The first-order valence-electron chi connectivity index (χ1n) is 7.31. The fraction of sp³-hybridized carbons (Fsp3) is 0.333. The highest BCUT2D eigenvalue weighted by atomic mass is 19.1. The molecule has 0 saturated carbocycles. The van der Waals surface area contributed by atoms with Gasteiger partial charge in [-0.3, -0.25) is 0 Å². The SMILES string of the molecule is OC[C@H](O)CC1Cc2cc(F)ccc2Cc2ccccc21.